The minimum Gasteiger partial charge on any atom is -0.508 e. The van der Waals surface area contributed by atoms with E-state index in [1.54, 1.807) is 23.1 Å². The molecule has 1 N–H and O–H groups in total. The van der Waals surface area contributed by atoms with Crippen molar-refractivity contribution in [1.29, 1.82) is 0 Å². The summed E-state index contributed by atoms with van der Waals surface area (Å²) < 4.78 is 39.6. The number of phenols is 1. The second-order valence-electron chi connectivity index (χ2n) is 8.34. The topological polar surface area (TPSA) is 106 Å². The molecule has 3 aliphatic heterocycles. The van der Waals surface area contributed by atoms with Crippen LogP contribution in [0.3, 0.4) is 0 Å². The van der Waals surface area contributed by atoms with Gasteiger partial charge in [-0.15, -0.1) is 0 Å². The number of amides is 1. The molecule has 1 aromatic rings. The summed E-state index contributed by atoms with van der Waals surface area (Å²) in [5.74, 6) is 0.815. The van der Waals surface area contributed by atoms with Gasteiger partial charge in [-0.05, 0) is 62.6 Å². The number of hydrogen-bond acceptors (Lipinski definition) is 6. The van der Waals surface area contributed by atoms with E-state index in [0.717, 1.165) is 37.5 Å². The minimum absolute atomic E-state index is 0.0574. The van der Waals surface area contributed by atoms with Gasteiger partial charge in [0.2, 0.25) is 10.0 Å². The van der Waals surface area contributed by atoms with Gasteiger partial charge >= 0.3 is 0 Å². The fourth-order valence-electron chi connectivity index (χ4n) is 4.71. The number of hydrogen-bond donors (Lipinski definition) is 1. The highest BCUT2D eigenvalue weighted by Crippen LogP contribution is 2.40. The van der Waals surface area contributed by atoms with E-state index in [4.69, 9.17) is 9.47 Å². The van der Waals surface area contributed by atoms with Gasteiger partial charge in [0.15, 0.2) is 6.61 Å². The molecule has 0 spiro atoms. The van der Waals surface area contributed by atoms with Gasteiger partial charge in [-0.3, -0.25) is 4.79 Å². The van der Waals surface area contributed by atoms with Gasteiger partial charge in [0.25, 0.3) is 5.91 Å². The summed E-state index contributed by atoms with van der Waals surface area (Å²) in [6.07, 6.45) is 5.82. The third-order valence-electron chi connectivity index (χ3n) is 6.14. The van der Waals surface area contributed by atoms with E-state index < -0.39 is 16.1 Å². The van der Waals surface area contributed by atoms with Gasteiger partial charge in [-0.25, -0.2) is 8.42 Å². The number of sulfonamides is 1. The molecule has 3 heterocycles. The summed E-state index contributed by atoms with van der Waals surface area (Å²) in [5.41, 5.74) is 1.40. The zero-order chi connectivity index (χ0) is 21.3. The van der Waals surface area contributed by atoms with Crippen LogP contribution in [0.1, 0.15) is 50.0 Å². The van der Waals surface area contributed by atoms with Crippen LogP contribution < -0.4 is 4.74 Å². The molecule has 1 aromatic carbocycles. The van der Waals surface area contributed by atoms with E-state index in [-0.39, 0.29) is 36.9 Å². The lowest BCUT2D eigenvalue weighted by atomic mass is 9.82. The number of fused-ring (bicyclic) bond motifs is 5. The van der Waals surface area contributed by atoms with Crippen molar-refractivity contribution in [2.24, 2.45) is 4.40 Å². The Morgan fingerprint density at radius 3 is 2.70 bits per heavy atom. The molecule has 1 amide bonds. The number of phenolic OH excluding ortho intramolecular Hbond substituents is 1. The van der Waals surface area contributed by atoms with Gasteiger partial charge in [0.1, 0.15) is 11.5 Å². The molecule has 9 heteroatoms. The number of rotatable bonds is 1. The van der Waals surface area contributed by atoms with E-state index >= 15 is 0 Å². The zero-order valence-corrected chi connectivity index (χ0v) is 17.9. The maximum absolute atomic E-state index is 13.0. The second-order valence-corrected chi connectivity index (χ2v) is 9.99. The number of piperidine rings is 1. The molecule has 1 unspecified atom stereocenters. The van der Waals surface area contributed by atoms with Crippen molar-refractivity contribution in [1.82, 2.24) is 4.90 Å². The molecule has 4 aliphatic rings. The van der Waals surface area contributed by atoms with Crippen molar-refractivity contribution >= 4 is 21.6 Å². The first kappa shape index (κ1) is 21.1. The van der Waals surface area contributed by atoms with Crippen LogP contribution in [0.5, 0.6) is 11.5 Å². The molecule has 1 saturated heterocycles. The fraction of sp³-hybridized carbons (Fsp3) is 0.619. The van der Waals surface area contributed by atoms with Crippen molar-refractivity contribution in [3.63, 3.8) is 0 Å². The number of aromatic hydroxyl groups is 1. The maximum atomic E-state index is 13.0. The Balaban J connectivity index is 1.66. The van der Waals surface area contributed by atoms with Crippen LogP contribution in [0.4, 0.5) is 0 Å². The normalized spacial score (nSPS) is 29.2. The number of ether oxygens (including phenoxy) is 2. The third-order valence-corrected chi connectivity index (χ3v) is 6.71. The van der Waals surface area contributed by atoms with E-state index in [2.05, 4.69) is 4.40 Å². The molecule has 1 aliphatic carbocycles. The van der Waals surface area contributed by atoms with E-state index in [1.807, 2.05) is 0 Å². The number of benzene rings is 1. The summed E-state index contributed by atoms with van der Waals surface area (Å²) in [7, 11) is -3.56. The Kier molecular flexibility index (Phi) is 6.02. The predicted octanol–water partition coefficient (Wildman–Crippen LogP) is 2.22. The number of nitrogens with zero attached hydrogens (tertiary/aromatic N) is 2. The van der Waals surface area contributed by atoms with Crippen molar-refractivity contribution in [3.05, 3.63) is 23.8 Å². The highest BCUT2D eigenvalue weighted by Gasteiger charge is 2.35. The van der Waals surface area contributed by atoms with Crippen molar-refractivity contribution in [2.45, 2.75) is 56.6 Å². The van der Waals surface area contributed by atoms with E-state index in [0.29, 0.717) is 30.8 Å². The van der Waals surface area contributed by atoms with Crippen LogP contribution in [0.15, 0.2) is 22.6 Å². The largest absolute Gasteiger partial charge is 0.508 e. The molecular weight excluding hydrogens is 408 g/mol. The SMILES string of the molecule is CS(=O)(=O)/N=C1\CCCN2C(=O)COc3ccc(O)cc3C3CCC(CC3)OCC12. The predicted molar refractivity (Wildman–Crippen MR) is 112 cm³/mol. The standard InChI is InChI=1S/C21H28N2O6S/c1-30(26,27)22-18-3-2-10-23-19(18)12-28-16-7-4-14(5-8-16)17-11-15(24)6-9-20(17)29-13-21(23)25/h6,9,11,14,16,19,24H,2-5,7-8,10,12-13H2,1H3/b22-18+. The molecule has 2 bridgehead atoms. The average Bonchev–Trinajstić information content (AvgIpc) is 2.71. The van der Waals surface area contributed by atoms with Gasteiger partial charge in [0, 0.05) is 12.1 Å². The molecule has 8 nitrogen and oxygen atoms in total. The van der Waals surface area contributed by atoms with Crippen LogP contribution in [-0.4, -0.2) is 68.2 Å². The van der Waals surface area contributed by atoms with Crippen molar-refractivity contribution in [2.75, 3.05) is 26.0 Å². The van der Waals surface area contributed by atoms with Crippen LogP contribution in [-0.2, 0) is 19.6 Å². The monoisotopic (exact) mass is 436 g/mol. The second kappa shape index (κ2) is 8.55. The molecule has 164 valence electrons. The Bertz CT molecular complexity index is 937. The summed E-state index contributed by atoms with van der Waals surface area (Å²) in [5, 5.41) is 9.96. The summed E-state index contributed by atoms with van der Waals surface area (Å²) in [4.78, 5) is 14.6. The summed E-state index contributed by atoms with van der Waals surface area (Å²) in [6, 6.07) is 4.51. The number of carbonyl (C=O) groups excluding carboxylic acids is 1. The Labute approximate surface area is 176 Å². The van der Waals surface area contributed by atoms with Crippen LogP contribution in [0, 0.1) is 0 Å². The van der Waals surface area contributed by atoms with Crippen LogP contribution in [0.25, 0.3) is 0 Å². The number of carbonyl (C=O) groups is 1. The lowest BCUT2D eigenvalue weighted by Gasteiger charge is -2.37. The lowest BCUT2D eigenvalue weighted by Crippen LogP contribution is -2.53. The van der Waals surface area contributed by atoms with Crippen LogP contribution in [0.2, 0.25) is 0 Å². The smallest absolute Gasteiger partial charge is 0.261 e. The molecule has 2 fully saturated rings. The van der Waals surface area contributed by atoms with E-state index in [1.165, 1.54) is 0 Å². The van der Waals surface area contributed by atoms with Crippen molar-refractivity contribution in [3.8, 4) is 11.5 Å². The maximum Gasteiger partial charge on any atom is 0.261 e. The molecule has 30 heavy (non-hydrogen) atoms. The molecule has 0 aromatic heterocycles. The first-order chi connectivity index (χ1) is 14.3. The molecule has 1 atom stereocenters. The van der Waals surface area contributed by atoms with Gasteiger partial charge in [-0.2, -0.15) is 4.40 Å². The first-order valence-corrected chi connectivity index (χ1v) is 12.3. The molecular formula is C21H28N2O6S. The summed E-state index contributed by atoms with van der Waals surface area (Å²) in [6.45, 7) is 0.592. The van der Waals surface area contributed by atoms with Gasteiger partial charge < -0.3 is 19.5 Å². The van der Waals surface area contributed by atoms with E-state index in [9.17, 15) is 18.3 Å². The first-order valence-electron chi connectivity index (χ1n) is 10.5. The third kappa shape index (κ3) is 4.78. The summed E-state index contributed by atoms with van der Waals surface area (Å²) >= 11 is 0. The molecule has 1 saturated carbocycles. The fourth-order valence-corrected chi connectivity index (χ4v) is 5.35. The van der Waals surface area contributed by atoms with Gasteiger partial charge in [0.05, 0.1) is 30.7 Å². The average molecular weight is 437 g/mol. The molecule has 5 rings (SSSR count). The highest BCUT2D eigenvalue weighted by molar-refractivity contribution is 7.89. The lowest BCUT2D eigenvalue weighted by molar-refractivity contribution is -0.136. The Morgan fingerprint density at radius 2 is 1.97 bits per heavy atom. The highest BCUT2D eigenvalue weighted by atomic mass is 32.2. The minimum atomic E-state index is -3.56. The zero-order valence-electron chi connectivity index (χ0n) is 17.1. The van der Waals surface area contributed by atoms with Crippen LogP contribution >= 0.6 is 0 Å². The van der Waals surface area contributed by atoms with Crippen molar-refractivity contribution < 1.29 is 27.8 Å². The Morgan fingerprint density at radius 1 is 1.20 bits per heavy atom. The molecule has 0 radical (unpaired) electrons. The Hall–Kier alpha value is -2.13. The quantitative estimate of drug-likeness (QED) is 0.724. The van der Waals surface area contributed by atoms with Gasteiger partial charge in [-0.1, -0.05) is 0 Å².